The highest BCUT2D eigenvalue weighted by molar-refractivity contribution is 5.23. The minimum Gasteiger partial charge on any atom is -0.392 e. The van der Waals surface area contributed by atoms with Crippen LogP contribution in [0.4, 0.5) is 8.78 Å². The molecule has 1 aromatic heterocycles. The predicted octanol–water partition coefficient (Wildman–Crippen LogP) is 2.36. The molecular formula is C16H19F2N3O. The molecule has 6 heteroatoms. The molecule has 4 nitrogen and oxygen atoms in total. The summed E-state index contributed by atoms with van der Waals surface area (Å²) in [6.07, 6.45) is 6.17. The van der Waals surface area contributed by atoms with Gasteiger partial charge in [-0.3, -0.25) is 4.90 Å². The number of hydrogen-bond donors (Lipinski definition) is 1. The van der Waals surface area contributed by atoms with Gasteiger partial charge in [0.05, 0.1) is 12.4 Å². The van der Waals surface area contributed by atoms with Crippen LogP contribution >= 0.6 is 0 Å². The summed E-state index contributed by atoms with van der Waals surface area (Å²) in [4.78, 5) is 6.01. The molecule has 1 N–H and O–H groups in total. The summed E-state index contributed by atoms with van der Waals surface area (Å²) in [7, 11) is 0. The molecule has 2 atom stereocenters. The minimum atomic E-state index is -0.499. The molecule has 1 aliphatic heterocycles. The molecule has 0 spiro atoms. The molecule has 1 aromatic carbocycles. The molecule has 0 bridgehead atoms. The Bertz CT molecular complexity index is 618. The number of imidazole rings is 1. The SMILES string of the molecule is OC1CC(c2cc(F)ccc2F)N(CCCn2ccnc2)C1. The quantitative estimate of drug-likeness (QED) is 0.922. The van der Waals surface area contributed by atoms with Gasteiger partial charge in [0.1, 0.15) is 11.6 Å². The monoisotopic (exact) mass is 307 g/mol. The van der Waals surface area contributed by atoms with Gasteiger partial charge in [-0.1, -0.05) is 0 Å². The fourth-order valence-electron chi connectivity index (χ4n) is 3.10. The van der Waals surface area contributed by atoms with Crippen LogP contribution in [0, 0.1) is 11.6 Å². The number of halogens is 2. The molecule has 1 aliphatic rings. The van der Waals surface area contributed by atoms with Gasteiger partial charge < -0.3 is 9.67 Å². The highest BCUT2D eigenvalue weighted by Gasteiger charge is 2.33. The summed E-state index contributed by atoms with van der Waals surface area (Å²) in [6, 6.07) is 3.24. The molecule has 22 heavy (non-hydrogen) atoms. The van der Waals surface area contributed by atoms with Crippen molar-refractivity contribution in [3.05, 3.63) is 54.1 Å². The summed E-state index contributed by atoms with van der Waals surface area (Å²) in [5.74, 6) is -0.865. The Morgan fingerprint density at radius 1 is 1.27 bits per heavy atom. The van der Waals surface area contributed by atoms with Crippen molar-refractivity contribution in [2.24, 2.45) is 0 Å². The lowest BCUT2D eigenvalue weighted by Crippen LogP contribution is -2.27. The fraction of sp³-hybridized carbons (Fsp3) is 0.438. The summed E-state index contributed by atoms with van der Waals surface area (Å²) >= 11 is 0. The second-order valence-corrected chi connectivity index (χ2v) is 5.72. The van der Waals surface area contributed by atoms with Crippen molar-refractivity contribution in [2.45, 2.75) is 31.5 Å². The number of aliphatic hydroxyl groups excluding tert-OH is 1. The van der Waals surface area contributed by atoms with Gasteiger partial charge in [-0.25, -0.2) is 13.8 Å². The lowest BCUT2D eigenvalue weighted by atomic mass is 10.0. The first-order chi connectivity index (χ1) is 10.6. The molecular weight excluding hydrogens is 288 g/mol. The third kappa shape index (κ3) is 3.34. The number of rotatable bonds is 5. The zero-order valence-electron chi connectivity index (χ0n) is 12.2. The Kier molecular flexibility index (Phi) is 4.49. The lowest BCUT2D eigenvalue weighted by Gasteiger charge is -2.24. The summed E-state index contributed by atoms with van der Waals surface area (Å²) in [5, 5.41) is 9.90. The van der Waals surface area contributed by atoms with Crippen molar-refractivity contribution in [3.63, 3.8) is 0 Å². The molecule has 2 aromatic rings. The van der Waals surface area contributed by atoms with Crippen LogP contribution in [0.5, 0.6) is 0 Å². The first-order valence-corrected chi connectivity index (χ1v) is 7.46. The Hall–Kier alpha value is -1.79. The van der Waals surface area contributed by atoms with E-state index in [1.807, 2.05) is 15.7 Å². The van der Waals surface area contributed by atoms with Crippen molar-refractivity contribution >= 4 is 0 Å². The molecule has 0 radical (unpaired) electrons. The summed E-state index contributed by atoms with van der Waals surface area (Å²) in [6.45, 7) is 2.02. The molecule has 2 unspecified atom stereocenters. The van der Waals surface area contributed by atoms with E-state index in [9.17, 15) is 13.9 Å². The number of nitrogens with zero attached hydrogens (tertiary/aromatic N) is 3. The van der Waals surface area contributed by atoms with E-state index in [0.717, 1.165) is 31.6 Å². The van der Waals surface area contributed by atoms with Gasteiger partial charge in [0, 0.05) is 43.6 Å². The normalized spacial score (nSPS) is 22.3. The standard InChI is InChI=1S/C16H19F2N3O/c17-12-2-3-15(18)14(8-12)16-9-13(22)10-21(16)6-1-5-20-7-4-19-11-20/h2-4,7-8,11,13,16,22H,1,5-6,9-10H2. The number of β-amino-alcohol motifs (C(OH)–C–C–N with tert-alkyl or cyclic N) is 1. The first-order valence-electron chi connectivity index (χ1n) is 7.46. The van der Waals surface area contributed by atoms with E-state index in [1.165, 1.54) is 6.07 Å². The lowest BCUT2D eigenvalue weighted by molar-refractivity contribution is 0.173. The van der Waals surface area contributed by atoms with E-state index in [0.29, 0.717) is 18.5 Å². The van der Waals surface area contributed by atoms with Crippen LogP contribution in [0.1, 0.15) is 24.4 Å². The predicted molar refractivity (Wildman–Crippen MR) is 78.1 cm³/mol. The van der Waals surface area contributed by atoms with Gasteiger partial charge >= 0.3 is 0 Å². The third-order valence-electron chi connectivity index (χ3n) is 4.12. The maximum absolute atomic E-state index is 14.0. The van der Waals surface area contributed by atoms with E-state index >= 15 is 0 Å². The molecule has 0 saturated carbocycles. The molecule has 3 rings (SSSR count). The molecule has 1 saturated heterocycles. The van der Waals surface area contributed by atoms with Gasteiger partial charge in [0.25, 0.3) is 0 Å². The Balaban J connectivity index is 1.67. The van der Waals surface area contributed by atoms with Gasteiger partial charge in [-0.15, -0.1) is 0 Å². The van der Waals surface area contributed by atoms with Crippen LogP contribution in [0.3, 0.4) is 0 Å². The Labute approximate surface area is 128 Å². The van der Waals surface area contributed by atoms with E-state index in [2.05, 4.69) is 4.98 Å². The summed E-state index contributed by atoms with van der Waals surface area (Å²) < 4.78 is 29.4. The molecule has 0 amide bonds. The van der Waals surface area contributed by atoms with Crippen LogP contribution in [-0.4, -0.2) is 38.8 Å². The Morgan fingerprint density at radius 2 is 2.14 bits per heavy atom. The Morgan fingerprint density at radius 3 is 2.91 bits per heavy atom. The van der Waals surface area contributed by atoms with Gasteiger partial charge in [-0.05, 0) is 31.0 Å². The minimum absolute atomic E-state index is 0.270. The molecule has 1 fully saturated rings. The van der Waals surface area contributed by atoms with Crippen LogP contribution in [0.2, 0.25) is 0 Å². The van der Waals surface area contributed by atoms with E-state index in [4.69, 9.17) is 0 Å². The number of aryl methyl sites for hydroxylation is 1. The smallest absolute Gasteiger partial charge is 0.128 e. The maximum Gasteiger partial charge on any atom is 0.128 e. The van der Waals surface area contributed by atoms with Crippen LogP contribution < -0.4 is 0 Å². The van der Waals surface area contributed by atoms with Crippen molar-refractivity contribution < 1.29 is 13.9 Å². The molecule has 0 aliphatic carbocycles. The summed E-state index contributed by atoms with van der Waals surface area (Å²) in [5.41, 5.74) is 0.333. The van der Waals surface area contributed by atoms with Crippen LogP contribution in [-0.2, 0) is 6.54 Å². The van der Waals surface area contributed by atoms with Crippen molar-refractivity contribution in [1.29, 1.82) is 0 Å². The van der Waals surface area contributed by atoms with Crippen molar-refractivity contribution in [1.82, 2.24) is 14.5 Å². The van der Waals surface area contributed by atoms with Gasteiger partial charge in [0.15, 0.2) is 0 Å². The zero-order valence-corrected chi connectivity index (χ0v) is 12.2. The number of benzene rings is 1. The average Bonchev–Trinajstić information content (AvgIpc) is 3.11. The largest absolute Gasteiger partial charge is 0.392 e. The topological polar surface area (TPSA) is 41.3 Å². The zero-order chi connectivity index (χ0) is 15.5. The maximum atomic E-state index is 14.0. The number of likely N-dealkylation sites (tertiary alicyclic amines) is 1. The van der Waals surface area contributed by atoms with E-state index in [1.54, 1.807) is 12.5 Å². The molecule has 118 valence electrons. The molecule has 2 heterocycles. The average molecular weight is 307 g/mol. The van der Waals surface area contributed by atoms with Crippen LogP contribution in [0.25, 0.3) is 0 Å². The van der Waals surface area contributed by atoms with Gasteiger partial charge in [-0.2, -0.15) is 0 Å². The van der Waals surface area contributed by atoms with Crippen molar-refractivity contribution in [2.75, 3.05) is 13.1 Å². The number of aromatic nitrogens is 2. The van der Waals surface area contributed by atoms with E-state index < -0.39 is 17.7 Å². The first kappa shape index (κ1) is 15.1. The second-order valence-electron chi connectivity index (χ2n) is 5.72. The highest BCUT2D eigenvalue weighted by atomic mass is 19.1. The van der Waals surface area contributed by atoms with E-state index in [-0.39, 0.29) is 6.04 Å². The number of hydrogen-bond acceptors (Lipinski definition) is 3. The van der Waals surface area contributed by atoms with Crippen molar-refractivity contribution in [3.8, 4) is 0 Å². The van der Waals surface area contributed by atoms with Gasteiger partial charge in [0.2, 0.25) is 0 Å². The fourth-order valence-corrected chi connectivity index (χ4v) is 3.10. The van der Waals surface area contributed by atoms with Crippen LogP contribution in [0.15, 0.2) is 36.9 Å². The second kappa shape index (κ2) is 6.54. The highest BCUT2D eigenvalue weighted by Crippen LogP contribution is 2.34. The third-order valence-corrected chi connectivity index (χ3v) is 4.12. The number of aliphatic hydroxyl groups is 1.